The summed E-state index contributed by atoms with van der Waals surface area (Å²) < 4.78 is 29.4. The van der Waals surface area contributed by atoms with Crippen LogP contribution in [0, 0.1) is 0 Å². The number of nitrogens with zero attached hydrogens (tertiary/aromatic N) is 4. The lowest BCUT2D eigenvalue weighted by atomic mass is 10.1. The molecule has 2 aromatic carbocycles. The van der Waals surface area contributed by atoms with Crippen LogP contribution in [0.5, 0.6) is 5.75 Å². The standard InChI is InChI=1S/C24H23N7O4S/c1-3-20(33)29-18-11-17(12-19(32)13-18)22-21-23(25)26-14-27-24(21)31(30-22)10-9-28-36(34,35)15(2)16-7-5-4-6-8-16/h3-8,11-14,28,32H,1-2,9-10H2,(H,29,33)(H2,25,26,27). The van der Waals surface area contributed by atoms with Gasteiger partial charge in [0.2, 0.25) is 15.9 Å². The maximum absolute atomic E-state index is 12.7. The van der Waals surface area contributed by atoms with Gasteiger partial charge < -0.3 is 16.2 Å². The van der Waals surface area contributed by atoms with E-state index in [9.17, 15) is 18.3 Å². The average molecular weight is 506 g/mol. The van der Waals surface area contributed by atoms with E-state index in [0.29, 0.717) is 33.5 Å². The second-order valence-corrected chi connectivity index (χ2v) is 9.47. The van der Waals surface area contributed by atoms with E-state index in [1.54, 1.807) is 36.4 Å². The Morgan fingerprint density at radius 1 is 1.17 bits per heavy atom. The van der Waals surface area contributed by atoms with Crippen molar-refractivity contribution in [3.63, 3.8) is 0 Å². The third kappa shape index (κ3) is 5.09. The molecule has 4 rings (SSSR count). The highest BCUT2D eigenvalue weighted by atomic mass is 32.2. The van der Waals surface area contributed by atoms with E-state index in [0.717, 1.165) is 6.08 Å². The zero-order valence-electron chi connectivity index (χ0n) is 19.0. The van der Waals surface area contributed by atoms with Gasteiger partial charge >= 0.3 is 0 Å². The molecule has 2 heterocycles. The van der Waals surface area contributed by atoms with Gasteiger partial charge in [0.1, 0.15) is 23.6 Å². The zero-order valence-corrected chi connectivity index (χ0v) is 19.9. The van der Waals surface area contributed by atoms with Gasteiger partial charge in [0.05, 0.1) is 16.8 Å². The first-order valence-corrected chi connectivity index (χ1v) is 12.2. The van der Waals surface area contributed by atoms with Crippen LogP contribution in [0.4, 0.5) is 11.5 Å². The third-order valence-corrected chi connectivity index (χ3v) is 6.71. The summed E-state index contributed by atoms with van der Waals surface area (Å²) in [6.07, 6.45) is 2.38. The second-order valence-electron chi connectivity index (χ2n) is 7.68. The molecule has 0 saturated heterocycles. The number of carbonyl (C=O) groups excluding carboxylic acids is 1. The van der Waals surface area contributed by atoms with Gasteiger partial charge in [-0.3, -0.25) is 4.79 Å². The summed E-state index contributed by atoms with van der Waals surface area (Å²) in [5, 5.41) is 17.8. The molecule has 12 heteroatoms. The van der Waals surface area contributed by atoms with Gasteiger partial charge in [-0.15, -0.1) is 0 Å². The Kier molecular flexibility index (Phi) is 6.81. The number of sulfonamides is 1. The Hall–Kier alpha value is -4.55. The number of phenols is 1. The predicted molar refractivity (Wildman–Crippen MR) is 138 cm³/mol. The molecule has 0 unspecified atom stereocenters. The summed E-state index contributed by atoms with van der Waals surface area (Å²) in [4.78, 5) is 20.0. The fourth-order valence-corrected chi connectivity index (χ4v) is 4.53. The summed E-state index contributed by atoms with van der Waals surface area (Å²) in [6.45, 7) is 7.23. The topological polar surface area (TPSA) is 165 Å². The number of amides is 1. The number of nitrogens with two attached hydrogens (primary N) is 1. The fraction of sp³-hybridized carbons (Fsp3) is 0.0833. The number of nitrogen functional groups attached to an aromatic ring is 1. The maximum Gasteiger partial charge on any atom is 0.247 e. The van der Waals surface area contributed by atoms with Crippen molar-refractivity contribution >= 4 is 43.4 Å². The van der Waals surface area contributed by atoms with E-state index < -0.39 is 15.9 Å². The van der Waals surface area contributed by atoms with Crippen molar-refractivity contribution in [1.82, 2.24) is 24.5 Å². The lowest BCUT2D eigenvalue weighted by Crippen LogP contribution is -2.28. The minimum absolute atomic E-state index is 0.00496. The Morgan fingerprint density at radius 3 is 2.64 bits per heavy atom. The first kappa shape index (κ1) is 24.6. The lowest BCUT2D eigenvalue weighted by Gasteiger charge is -2.10. The number of hydrogen-bond donors (Lipinski definition) is 4. The van der Waals surface area contributed by atoms with Crippen LogP contribution in [-0.2, 0) is 21.4 Å². The molecule has 2 aromatic heterocycles. The Balaban J connectivity index is 1.63. The molecule has 0 aliphatic rings. The normalized spacial score (nSPS) is 11.3. The van der Waals surface area contributed by atoms with Crippen LogP contribution in [-0.4, -0.2) is 45.7 Å². The molecule has 11 nitrogen and oxygen atoms in total. The summed E-state index contributed by atoms with van der Waals surface area (Å²) >= 11 is 0. The number of rotatable bonds is 9. The molecule has 0 bridgehead atoms. The van der Waals surface area contributed by atoms with Gasteiger partial charge in [0.25, 0.3) is 0 Å². The molecular weight excluding hydrogens is 482 g/mol. The van der Waals surface area contributed by atoms with Gasteiger partial charge in [-0.25, -0.2) is 27.8 Å². The minimum atomic E-state index is -3.84. The van der Waals surface area contributed by atoms with Crippen LogP contribution in [0.25, 0.3) is 27.2 Å². The zero-order chi connectivity index (χ0) is 25.9. The van der Waals surface area contributed by atoms with Gasteiger partial charge in [0.15, 0.2) is 5.65 Å². The number of anilines is 2. The summed E-state index contributed by atoms with van der Waals surface area (Å²) in [5.74, 6) is -0.411. The maximum atomic E-state index is 12.7. The van der Waals surface area contributed by atoms with Gasteiger partial charge in [-0.1, -0.05) is 43.5 Å². The van der Waals surface area contributed by atoms with Crippen LogP contribution in [0.2, 0.25) is 0 Å². The second kappa shape index (κ2) is 9.98. The molecule has 0 aliphatic heterocycles. The van der Waals surface area contributed by atoms with E-state index >= 15 is 0 Å². The van der Waals surface area contributed by atoms with Crippen LogP contribution in [0.15, 0.2) is 74.1 Å². The molecule has 0 aliphatic carbocycles. The van der Waals surface area contributed by atoms with Crippen molar-refractivity contribution in [1.29, 1.82) is 0 Å². The van der Waals surface area contributed by atoms with Gasteiger partial charge in [0, 0.05) is 23.9 Å². The van der Waals surface area contributed by atoms with Crippen molar-refractivity contribution in [2.24, 2.45) is 0 Å². The van der Waals surface area contributed by atoms with E-state index in [1.807, 2.05) is 0 Å². The molecule has 0 spiro atoms. The minimum Gasteiger partial charge on any atom is -0.508 e. The van der Waals surface area contributed by atoms with Crippen molar-refractivity contribution < 1.29 is 18.3 Å². The molecule has 184 valence electrons. The summed E-state index contributed by atoms with van der Waals surface area (Å²) in [5.41, 5.74) is 8.09. The van der Waals surface area contributed by atoms with E-state index in [4.69, 9.17) is 5.73 Å². The van der Waals surface area contributed by atoms with Crippen LogP contribution < -0.4 is 15.8 Å². The smallest absolute Gasteiger partial charge is 0.247 e. The molecule has 0 atom stereocenters. The highest BCUT2D eigenvalue weighted by molar-refractivity contribution is 7.98. The van der Waals surface area contributed by atoms with E-state index in [1.165, 1.54) is 23.1 Å². The Morgan fingerprint density at radius 2 is 1.92 bits per heavy atom. The molecule has 0 radical (unpaired) electrons. The molecule has 0 fully saturated rings. The van der Waals surface area contributed by atoms with E-state index in [2.05, 4.69) is 38.3 Å². The van der Waals surface area contributed by atoms with Gasteiger partial charge in [-0.05, 0) is 23.8 Å². The number of hydrogen-bond acceptors (Lipinski definition) is 8. The molecule has 0 saturated carbocycles. The number of fused-ring (bicyclic) bond motifs is 1. The number of benzene rings is 2. The highest BCUT2D eigenvalue weighted by Crippen LogP contribution is 2.34. The van der Waals surface area contributed by atoms with Crippen LogP contribution in [0.3, 0.4) is 0 Å². The fourth-order valence-electron chi connectivity index (χ4n) is 3.55. The molecule has 1 amide bonds. The lowest BCUT2D eigenvalue weighted by molar-refractivity contribution is -0.111. The van der Waals surface area contributed by atoms with Gasteiger partial charge in [-0.2, -0.15) is 5.10 Å². The average Bonchev–Trinajstić information content (AvgIpc) is 3.23. The Labute approximate surface area is 207 Å². The molecule has 5 N–H and O–H groups in total. The quantitative estimate of drug-likeness (QED) is 0.252. The van der Waals surface area contributed by atoms with Crippen LogP contribution in [0.1, 0.15) is 5.56 Å². The Bertz CT molecular complexity index is 1580. The predicted octanol–water partition coefficient (Wildman–Crippen LogP) is 2.50. The number of phenolic OH excluding ortho intramolecular Hbond substituents is 1. The molecular formula is C24H23N7O4S. The van der Waals surface area contributed by atoms with Crippen molar-refractivity contribution in [2.75, 3.05) is 17.6 Å². The third-order valence-electron chi connectivity index (χ3n) is 5.24. The monoisotopic (exact) mass is 505 g/mol. The van der Waals surface area contributed by atoms with E-state index in [-0.39, 0.29) is 29.6 Å². The SMILES string of the molecule is C=CC(=O)Nc1cc(O)cc(-c2nn(CCNS(=O)(=O)C(=C)c3ccccc3)c3ncnc(N)c23)c1. The first-order valence-electron chi connectivity index (χ1n) is 10.7. The highest BCUT2D eigenvalue weighted by Gasteiger charge is 2.20. The number of aromatic hydroxyl groups is 1. The number of aromatic nitrogens is 4. The summed E-state index contributed by atoms with van der Waals surface area (Å²) in [7, 11) is -3.84. The van der Waals surface area contributed by atoms with Crippen molar-refractivity contribution in [3.05, 3.63) is 79.7 Å². The first-order chi connectivity index (χ1) is 17.2. The van der Waals surface area contributed by atoms with Crippen molar-refractivity contribution in [3.8, 4) is 17.0 Å². The number of carbonyl (C=O) groups is 1. The molecule has 36 heavy (non-hydrogen) atoms. The van der Waals surface area contributed by atoms with Crippen LogP contribution >= 0.6 is 0 Å². The largest absolute Gasteiger partial charge is 0.508 e. The van der Waals surface area contributed by atoms with Crippen molar-refractivity contribution in [2.45, 2.75) is 6.54 Å². The molecule has 4 aromatic rings. The number of nitrogens with one attached hydrogen (secondary N) is 2. The summed E-state index contributed by atoms with van der Waals surface area (Å²) in [6, 6.07) is 13.0.